The number of rotatable bonds is 6. The molecule has 218 valence electrons. The van der Waals surface area contributed by atoms with Gasteiger partial charge in [-0.05, 0) is 92.3 Å². The molecule has 2 heterocycles. The minimum Gasteiger partial charge on any atom is -0.454 e. The normalized spacial score (nSPS) is 19.9. The fourth-order valence-electron chi connectivity index (χ4n) is 6.13. The number of aryl methyl sites for hydroxylation is 1. The predicted molar refractivity (Wildman–Crippen MR) is 163 cm³/mol. The number of amides is 2. The number of carbonyl (C=O) groups excluding carboxylic acids is 4. The molecule has 2 amide bonds. The van der Waals surface area contributed by atoms with Gasteiger partial charge in [-0.2, -0.15) is 0 Å². The molecule has 9 heteroatoms. The average Bonchev–Trinajstić information content (AvgIpc) is 3.24. The number of ether oxygens (including phenoxy) is 1. The third-order valence-corrected chi connectivity index (χ3v) is 8.86. The molecule has 1 aliphatic carbocycles. The zero-order chi connectivity index (χ0) is 30.4. The summed E-state index contributed by atoms with van der Waals surface area (Å²) in [6, 6.07) is 17.3. The van der Waals surface area contributed by atoms with Crippen molar-refractivity contribution in [3.8, 4) is 11.3 Å². The molecule has 6 rings (SSSR count). The van der Waals surface area contributed by atoms with E-state index in [9.17, 15) is 23.6 Å². The first-order chi connectivity index (χ1) is 20.6. The Kier molecular flexibility index (Phi) is 7.68. The van der Waals surface area contributed by atoms with Crippen LogP contribution in [0.25, 0.3) is 22.2 Å². The molecule has 2 fully saturated rings. The molecule has 0 spiro atoms. The van der Waals surface area contributed by atoms with Crippen molar-refractivity contribution in [3.05, 3.63) is 93.7 Å². The lowest BCUT2D eigenvalue weighted by Crippen LogP contribution is -2.30. The van der Waals surface area contributed by atoms with Gasteiger partial charge >= 0.3 is 5.97 Å². The van der Waals surface area contributed by atoms with Crippen LogP contribution in [0.1, 0.15) is 52.5 Å². The van der Waals surface area contributed by atoms with E-state index in [0.717, 1.165) is 29.3 Å². The van der Waals surface area contributed by atoms with Crippen molar-refractivity contribution in [2.24, 2.45) is 17.8 Å². The topological polar surface area (TPSA) is 93.6 Å². The maximum Gasteiger partial charge on any atom is 0.339 e. The molecule has 1 aliphatic heterocycles. The quantitative estimate of drug-likeness (QED) is 0.127. The fraction of sp³-hybridized carbons (Fsp3) is 0.265. The van der Waals surface area contributed by atoms with Crippen LogP contribution in [-0.2, 0) is 14.3 Å². The fourth-order valence-corrected chi connectivity index (χ4v) is 6.70. The van der Waals surface area contributed by atoms with Gasteiger partial charge in [-0.15, -0.1) is 0 Å². The molecule has 7 nitrogen and oxygen atoms in total. The summed E-state index contributed by atoms with van der Waals surface area (Å²) in [5.41, 5.74) is 3.55. The number of esters is 1. The Bertz CT molecular complexity index is 1790. The van der Waals surface area contributed by atoms with Gasteiger partial charge in [-0.25, -0.2) is 14.2 Å². The Morgan fingerprint density at radius 1 is 0.977 bits per heavy atom. The summed E-state index contributed by atoms with van der Waals surface area (Å²) in [5, 5.41) is 0.552. The highest BCUT2D eigenvalue weighted by Crippen LogP contribution is 2.42. The largest absolute Gasteiger partial charge is 0.454 e. The maximum absolute atomic E-state index is 13.3. The number of carbonyl (C=O) groups is 4. The van der Waals surface area contributed by atoms with Crippen LogP contribution in [0.2, 0.25) is 0 Å². The van der Waals surface area contributed by atoms with Crippen LogP contribution >= 0.6 is 15.9 Å². The number of anilines is 1. The van der Waals surface area contributed by atoms with E-state index < -0.39 is 24.2 Å². The molecule has 3 unspecified atom stereocenters. The third-order valence-electron chi connectivity index (χ3n) is 8.40. The second kappa shape index (κ2) is 11.4. The molecule has 3 atom stereocenters. The summed E-state index contributed by atoms with van der Waals surface area (Å²) in [6.07, 6.45) is 2.41. The number of ketones is 1. The van der Waals surface area contributed by atoms with E-state index in [1.54, 1.807) is 36.4 Å². The number of nitrogens with zero attached hydrogens (tertiary/aromatic N) is 2. The highest BCUT2D eigenvalue weighted by molar-refractivity contribution is 9.10. The van der Waals surface area contributed by atoms with E-state index in [-0.39, 0.29) is 34.8 Å². The minimum atomic E-state index is -0.705. The van der Waals surface area contributed by atoms with Crippen LogP contribution in [0.15, 0.2) is 71.2 Å². The van der Waals surface area contributed by atoms with E-state index in [4.69, 9.17) is 9.72 Å². The van der Waals surface area contributed by atoms with Gasteiger partial charge in [-0.1, -0.05) is 35.0 Å². The van der Waals surface area contributed by atoms with Crippen molar-refractivity contribution in [1.29, 1.82) is 0 Å². The smallest absolute Gasteiger partial charge is 0.339 e. The number of fused-ring (bicyclic) bond motifs is 2. The van der Waals surface area contributed by atoms with Gasteiger partial charge in [0.2, 0.25) is 11.8 Å². The molecular formula is C34H28BrFN2O5. The van der Waals surface area contributed by atoms with Crippen LogP contribution in [0.4, 0.5) is 10.1 Å². The van der Waals surface area contributed by atoms with E-state index >= 15 is 0 Å². The summed E-state index contributed by atoms with van der Waals surface area (Å²) in [6.45, 7) is 3.49. The SMILES string of the molecule is Cc1cc(Br)cc2c(C(=O)OCC(=O)c3ccc(F)cc3)cc(-c3ccc(N4C(=O)C5CCC(C)CC5C4=O)cc3)nc12. The van der Waals surface area contributed by atoms with Crippen LogP contribution in [0, 0.1) is 30.5 Å². The molecule has 4 aromatic rings. The van der Waals surface area contributed by atoms with E-state index in [0.29, 0.717) is 33.8 Å². The van der Waals surface area contributed by atoms with Gasteiger partial charge in [0.25, 0.3) is 0 Å². The van der Waals surface area contributed by atoms with Crippen molar-refractivity contribution in [3.63, 3.8) is 0 Å². The Balaban J connectivity index is 1.30. The zero-order valence-corrected chi connectivity index (χ0v) is 25.2. The van der Waals surface area contributed by atoms with Gasteiger partial charge < -0.3 is 4.74 Å². The average molecular weight is 644 g/mol. The number of hydrogen-bond acceptors (Lipinski definition) is 6. The first-order valence-corrected chi connectivity index (χ1v) is 14.9. The van der Waals surface area contributed by atoms with Crippen molar-refractivity contribution in [1.82, 2.24) is 4.98 Å². The number of aromatic nitrogens is 1. The Labute approximate surface area is 256 Å². The van der Waals surface area contributed by atoms with Crippen LogP contribution in [-0.4, -0.2) is 35.2 Å². The number of pyridine rings is 1. The first-order valence-electron chi connectivity index (χ1n) is 14.2. The lowest BCUT2D eigenvalue weighted by atomic mass is 9.76. The highest BCUT2D eigenvalue weighted by atomic mass is 79.9. The molecule has 2 aliphatic rings. The Morgan fingerprint density at radius 2 is 1.67 bits per heavy atom. The van der Waals surface area contributed by atoms with Crippen LogP contribution in [0.3, 0.4) is 0 Å². The number of Topliss-reactive ketones (excluding diaryl/α,β-unsaturated/α-hetero) is 1. The first kappa shape index (κ1) is 28.9. The summed E-state index contributed by atoms with van der Waals surface area (Å²) in [7, 11) is 0. The molecular weight excluding hydrogens is 615 g/mol. The zero-order valence-electron chi connectivity index (χ0n) is 23.6. The molecule has 3 aromatic carbocycles. The Morgan fingerprint density at radius 3 is 2.40 bits per heavy atom. The molecule has 1 saturated heterocycles. The lowest BCUT2D eigenvalue weighted by Gasteiger charge is -2.25. The van der Waals surface area contributed by atoms with E-state index in [2.05, 4.69) is 22.9 Å². The number of imide groups is 1. The molecule has 0 radical (unpaired) electrons. The predicted octanol–water partition coefficient (Wildman–Crippen LogP) is 7.08. The summed E-state index contributed by atoms with van der Waals surface area (Å²) in [4.78, 5) is 58.4. The second-order valence-corrected chi connectivity index (χ2v) is 12.3. The van der Waals surface area contributed by atoms with Gasteiger partial charge in [0.15, 0.2) is 12.4 Å². The monoisotopic (exact) mass is 642 g/mol. The van der Waals surface area contributed by atoms with Crippen molar-refractivity contribution in [2.75, 3.05) is 11.5 Å². The van der Waals surface area contributed by atoms with Gasteiger partial charge in [0.05, 0.1) is 34.3 Å². The summed E-state index contributed by atoms with van der Waals surface area (Å²) < 4.78 is 19.4. The summed E-state index contributed by atoms with van der Waals surface area (Å²) in [5.74, 6) is -2.00. The minimum absolute atomic E-state index is 0.139. The van der Waals surface area contributed by atoms with Gasteiger partial charge in [-0.3, -0.25) is 19.3 Å². The summed E-state index contributed by atoms with van der Waals surface area (Å²) >= 11 is 3.48. The van der Waals surface area contributed by atoms with Crippen LogP contribution in [0.5, 0.6) is 0 Å². The molecule has 43 heavy (non-hydrogen) atoms. The molecule has 0 N–H and O–H groups in total. The number of benzene rings is 3. The van der Waals surface area contributed by atoms with E-state index in [1.807, 2.05) is 13.0 Å². The number of hydrogen-bond donors (Lipinski definition) is 0. The third kappa shape index (κ3) is 5.49. The van der Waals surface area contributed by atoms with Crippen LogP contribution < -0.4 is 4.90 Å². The van der Waals surface area contributed by atoms with Gasteiger partial charge in [0, 0.05) is 21.0 Å². The molecule has 1 saturated carbocycles. The van der Waals surface area contributed by atoms with E-state index in [1.165, 1.54) is 29.2 Å². The maximum atomic E-state index is 13.3. The standard InChI is InChI=1S/C34H28BrFN2O5/c1-18-3-12-25-27(13-18)33(41)38(32(25)40)24-10-6-20(7-11-24)29-16-28(26-15-22(35)14-19(2)31(26)37-29)34(42)43-17-30(39)21-4-8-23(36)9-5-21/h4-11,14-16,18,25,27H,3,12-13,17H2,1-2H3. The Hall–Kier alpha value is -4.24. The second-order valence-electron chi connectivity index (χ2n) is 11.4. The number of halogens is 2. The molecule has 1 aromatic heterocycles. The van der Waals surface area contributed by atoms with Crippen molar-refractivity contribution in [2.45, 2.75) is 33.1 Å². The van der Waals surface area contributed by atoms with Crippen molar-refractivity contribution >= 4 is 56.1 Å². The van der Waals surface area contributed by atoms with Crippen molar-refractivity contribution < 1.29 is 28.3 Å². The lowest BCUT2D eigenvalue weighted by molar-refractivity contribution is -0.122. The highest BCUT2D eigenvalue weighted by Gasteiger charge is 2.49. The van der Waals surface area contributed by atoms with Gasteiger partial charge in [0.1, 0.15) is 5.82 Å². The molecule has 0 bridgehead atoms.